The summed E-state index contributed by atoms with van der Waals surface area (Å²) in [5.41, 5.74) is 1.20. The average molecular weight is 379 g/mol. The number of aliphatic hydroxyl groups excluding tert-OH is 1. The summed E-state index contributed by atoms with van der Waals surface area (Å²) >= 11 is 0. The minimum absolute atomic E-state index is 0.167. The fourth-order valence-corrected chi connectivity index (χ4v) is 2.18. The first-order valence-electron chi connectivity index (χ1n) is 7.90. The van der Waals surface area contributed by atoms with Crippen LogP contribution < -0.4 is 0 Å². The molecule has 2 N–H and O–H groups in total. The lowest BCUT2D eigenvalue weighted by atomic mass is 10.1. The molecule has 0 amide bonds. The van der Waals surface area contributed by atoms with Crippen LogP contribution in [0.15, 0.2) is 61.1 Å². The molecule has 4 nitrogen and oxygen atoms in total. The van der Waals surface area contributed by atoms with Gasteiger partial charge in [0.25, 0.3) is 0 Å². The van der Waals surface area contributed by atoms with Gasteiger partial charge in [-0.3, -0.25) is 0 Å². The van der Waals surface area contributed by atoms with Crippen LogP contribution in [-0.2, 0) is 0 Å². The highest BCUT2D eigenvalue weighted by molar-refractivity contribution is 5.94. The third kappa shape index (κ3) is 6.00. The maximum absolute atomic E-state index is 13.3. The van der Waals surface area contributed by atoms with Crippen LogP contribution in [0.2, 0.25) is 0 Å². The van der Waals surface area contributed by atoms with Gasteiger partial charge in [0.15, 0.2) is 0 Å². The Morgan fingerprint density at radius 2 is 1.63 bits per heavy atom. The molecule has 0 saturated carbocycles. The smallest absolute Gasteiger partial charge is 0.335 e. The molecule has 0 atom stereocenters. The topological polar surface area (TPSA) is 62.5 Å². The molecule has 1 heterocycles. The van der Waals surface area contributed by atoms with Crippen molar-refractivity contribution in [2.75, 3.05) is 7.11 Å². The van der Waals surface area contributed by atoms with E-state index in [4.69, 9.17) is 10.2 Å². The molecule has 0 spiro atoms. The second-order valence-corrected chi connectivity index (χ2v) is 5.26. The van der Waals surface area contributed by atoms with E-state index >= 15 is 0 Å². The van der Waals surface area contributed by atoms with Gasteiger partial charge in [0.05, 0.1) is 22.6 Å². The lowest BCUT2D eigenvalue weighted by molar-refractivity contribution is 0.0697. The summed E-state index contributed by atoms with van der Waals surface area (Å²) in [6, 6.07) is 9.52. The highest BCUT2D eigenvalue weighted by Crippen LogP contribution is 2.23. The normalized spacial score (nSPS) is 9.70. The molecule has 0 fully saturated rings. The summed E-state index contributed by atoms with van der Waals surface area (Å²) in [4.78, 5) is 10.9. The number of carboxylic acid groups (broad SMARTS) is 1. The zero-order chi connectivity index (χ0) is 20.6. The van der Waals surface area contributed by atoms with Crippen molar-refractivity contribution in [1.29, 1.82) is 0 Å². The van der Waals surface area contributed by atoms with Gasteiger partial charge >= 0.3 is 5.97 Å². The predicted octanol–water partition coefficient (Wildman–Crippen LogP) is 5.10. The molecule has 0 aliphatic heterocycles. The molecule has 2 aromatic carbocycles. The summed E-state index contributed by atoms with van der Waals surface area (Å²) in [7, 11) is 1.00. The molecule has 27 heavy (non-hydrogen) atoms. The lowest BCUT2D eigenvalue weighted by Crippen LogP contribution is -1.97. The average Bonchev–Trinajstić information content (AvgIpc) is 3.06. The zero-order valence-electron chi connectivity index (χ0n) is 14.9. The summed E-state index contributed by atoms with van der Waals surface area (Å²) in [6.07, 6.45) is 2.09. The third-order valence-corrected chi connectivity index (χ3v) is 3.45. The van der Waals surface area contributed by atoms with Crippen molar-refractivity contribution in [1.82, 2.24) is 4.57 Å². The van der Waals surface area contributed by atoms with E-state index in [1.807, 2.05) is 0 Å². The molecule has 3 aromatic rings. The van der Waals surface area contributed by atoms with E-state index in [-0.39, 0.29) is 11.4 Å². The number of aliphatic hydroxyl groups is 1. The van der Waals surface area contributed by atoms with E-state index < -0.39 is 17.6 Å². The van der Waals surface area contributed by atoms with Crippen LogP contribution in [0.5, 0.6) is 0 Å². The third-order valence-electron chi connectivity index (χ3n) is 3.45. The minimum Gasteiger partial charge on any atom is -0.478 e. The van der Waals surface area contributed by atoms with Crippen molar-refractivity contribution in [3.05, 3.63) is 78.3 Å². The van der Waals surface area contributed by atoms with E-state index in [9.17, 15) is 18.0 Å². The van der Waals surface area contributed by atoms with Crippen LogP contribution in [0, 0.1) is 11.6 Å². The van der Waals surface area contributed by atoms with Gasteiger partial charge in [0.1, 0.15) is 11.6 Å². The van der Waals surface area contributed by atoms with Crippen LogP contribution in [0.4, 0.5) is 13.2 Å². The Balaban J connectivity index is 0.000000454. The molecule has 0 unspecified atom stereocenters. The number of carbonyl (C=O) groups is 1. The molecule has 0 radical (unpaired) electrons. The van der Waals surface area contributed by atoms with Gasteiger partial charge in [0, 0.05) is 24.8 Å². The molecule has 0 bridgehead atoms. The lowest BCUT2D eigenvalue weighted by Gasteiger charge is -2.06. The van der Waals surface area contributed by atoms with Crippen LogP contribution in [0.25, 0.3) is 16.6 Å². The van der Waals surface area contributed by atoms with Crippen molar-refractivity contribution < 1.29 is 28.2 Å². The number of rotatable bonds is 3. The predicted molar refractivity (Wildman–Crippen MR) is 98.8 cm³/mol. The number of benzene rings is 2. The van der Waals surface area contributed by atoms with Crippen molar-refractivity contribution >= 4 is 16.9 Å². The van der Waals surface area contributed by atoms with E-state index in [2.05, 4.69) is 6.58 Å². The van der Waals surface area contributed by atoms with Gasteiger partial charge in [-0.15, -0.1) is 0 Å². The van der Waals surface area contributed by atoms with Gasteiger partial charge in [-0.25, -0.2) is 18.0 Å². The molecule has 7 heteroatoms. The number of nitrogens with zero attached hydrogens (tertiary/aromatic N) is 1. The number of hydrogen-bond donors (Lipinski definition) is 2. The monoisotopic (exact) mass is 379 g/mol. The fourth-order valence-electron chi connectivity index (χ4n) is 2.18. The SMILES string of the molecule is C=C(F)CC.CO.O=C(O)c1ccc2c(ccn2-c2cc(F)cc(F)c2)c1. The Kier molecular flexibility index (Phi) is 8.29. The summed E-state index contributed by atoms with van der Waals surface area (Å²) in [6.45, 7) is 4.73. The molecule has 1 aromatic heterocycles. The Morgan fingerprint density at radius 3 is 2.11 bits per heavy atom. The number of carboxylic acids is 1. The van der Waals surface area contributed by atoms with Crippen molar-refractivity contribution in [3.8, 4) is 5.69 Å². The maximum atomic E-state index is 13.3. The molecule has 0 saturated heterocycles. The first-order valence-corrected chi connectivity index (χ1v) is 7.90. The number of halogens is 3. The minimum atomic E-state index is -1.02. The number of hydrogen-bond acceptors (Lipinski definition) is 2. The van der Waals surface area contributed by atoms with Gasteiger partial charge in [-0.05, 0) is 42.8 Å². The molecular formula is C20H20F3NO3. The summed E-state index contributed by atoms with van der Waals surface area (Å²) in [5.74, 6) is -2.59. The van der Waals surface area contributed by atoms with Crippen LogP contribution in [0.1, 0.15) is 23.7 Å². The first kappa shape index (κ1) is 22.0. The maximum Gasteiger partial charge on any atom is 0.335 e. The highest BCUT2D eigenvalue weighted by Gasteiger charge is 2.09. The second kappa shape index (κ2) is 10.2. The zero-order valence-corrected chi connectivity index (χ0v) is 14.9. The number of allylic oxidation sites excluding steroid dienone is 1. The summed E-state index contributed by atoms with van der Waals surface area (Å²) in [5, 5.41) is 16.6. The van der Waals surface area contributed by atoms with Gasteiger partial charge in [-0.2, -0.15) is 0 Å². The standard InChI is InChI=1S/C15H9F2NO2.C4H7F.CH4O/c16-11-6-12(17)8-13(7-11)18-4-3-9-5-10(15(19)20)1-2-14(9)18;1-3-4(2)5;1-2/h1-8H,(H,19,20);2-3H2,1H3;2H,1H3. The summed E-state index contributed by atoms with van der Waals surface area (Å²) < 4.78 is 39.4. The molecule has 144 valence electrons. The van der Waals surface area contributed by atoms with Crippen LogP contribution in [-0.4, -0.2) is 27.9 Å². The molecule has 0 aliphatic carbocycles. The number of fused-ring (bicyclic) bond motifs is 1. The van der Waals surface area contributed by atoms with Crippen LogP contribution in [0.3, 0.4) is 0 Å². The highest BCUT2D eigenvalue weighted by atomic mass is 19.1. The Labute approximate surface area is 154 Å². The second-order valence-electron chi connectivity index (χ2n) is 5.26. The van der Waals surface area contributed by atoms with E-state index in [0.717, 1.165) is 13.2 Å². The van der Waals surface area contributed by atoms with Crippen molar-refractivity contribution in [3.63, 3.8) is 0 Å². The molecule has 0 aliphatic rings. The van der Waals surface area contributed by atoms with E-state index in [0.29, 0.717) is 23.0 Å². The Hall–Kier alpha value is -3.06. The van der Waals surface area contributed by atoms with E-state index in [1.165, 1.54) is 24.3 Å². The quantitative estimate of drug-likeness (QED) is 0.666. The van der Waals surface area contributed by atoms with Crippen molar-refractivity contribution in [2.45, 2.75) is 13.3 Å². The van der Waals surface area contributed by atoms with Crippen LogP contribution >= 0.6 is 0 Å². The van der Waals surface area contributed by atoms with Gasteiger partial charge in [-0.1, -0.05) is 13.5 Å². The van der Waals surface area contributed by atoms with Gasteiger partial charge < -0.3 is 14.8 Å². The van der Waals surface area contributed by atoms with E-state index in [1.54, 1.807) is 29.8 Å². The largest absolute Gasteiger partial charge is 0.478 e. The molecular weight excluding hydrogens is 359 g/mol. The van der Waals surface area contributed by atoms with Gasteiger partial charge in [0.2, 0.25) is 0 Å². The Morgan fingerprint density at radius 1 is 1.07 bits per heavy atom. The van der Waals surface area contributed by atoms with Crippen molar-refractivity contribution in [2.24, 2.45) is 0 Å². The Bertz CT molecular complexity index is 915. The molecule has 3 rings (SSSR count). The number of aromatic nitrogens is 1. The first-order chi connectivity index (χ1) is 12.8. The number of aromatic carboxylic acids is 1. The fraction of sp³-hybridized carbons (Fsp3) is 0.150.